The van der Waals surface area contributed by atoms with Crippen LogP contribution in [0.15, 0.2) is 17.2 Å². The number of anilines is 1. The third-order valence-electron chi connectivity index (χ3n) is 5.08. The monoisotopic (exact) mass is 371 g/mol. The highest BCUT2D eigenvalue weighted by Crippen LogP contribution is 2.45. The molecule has 1 saturated carbocycles. The van der Waals surface area contributed by atoms with Crippen molar-refractivity contribution < 1.29 is 31.9 Å². The summed E-state index contributed by atoms with van der Waals surface area (Å²) in [5.74, 6) is -8.01. The van der Waals surface area contributed by atoms with E-state index in [0.29, 0.717) is 31.6 Å². The Kier molecular flexibility index (Phi) is 4.54. The van der Waals surface area contributed by atoms with E-state index >= 15 is 0 Å². The summed E-state index contributed by atoms with van der Waals surface area (Å²) in [6.07, 6.45) is 2.19. The Morgan fingerprint density at radius 3 is 2.23 bits per heavy atom. The predicted molar refractivity (Wildman–Crippen MR) is 84.1 cm³/mol. The largest absolute Gasteiger partial charge is 0.451 e. The number of ether oxygens (including phenoxy) is 1. The Balaban J connectivity index is 1.98. The third kappa shape index (κ3) is 2.87. The zero-order valence-corrected chi connectivity index (χ0v) is 14.2. The summed E-state index contributed by atoms with van der Waals surface area (Å²) < 4.78 is 59.8. The van der Waals surface area contributed by atoms with Crippen molar-refractivity contribution in [3.05, 3.63) is 40.5 Å². The topological polar surface area (TPSA) is 55.4 Å². The van der Waals surface area contributed by atoms with E-state index in [-0.39, 0.29) is 17.2 Å². The first-order chi connectivity index (χ1) is 12.2. The van der Waals surface area contributed by atoms with Gasteiger partial charge in [-0.25, -0.2) is 22.4 Å². The highest BCUT2D eigenvalue weighted by molar-refractivity contribution is 6.12. The van der Waals surface area contributed by atoms with E-state index < -0.39 is 46.4 Å². The van der Waals surface area contributed by atoms with Gasteiger partial charge in [0.25, 0.3) is 5.91 Å². The van der Waals surface area contributed by atoms with Crippen LogP contribution < -0.4 is 5.32 Å². The molecule has 1 spiro atoms. The van der Waals surface area contributed by atoms with Gasteiger partial charge in [0.15, 0.2) is 23.3 Å². The second kappa shape index (κ2) is 6.41. The van der Waals surface area contributed by atoms with Gasteiger partial charge < -0.3 is 10.1 Å². The van der Waals surface area contributed by atoms with Gasteiger partial charge in [-0.15, -0.1) is 0 Å². The van der Waals surface area contributed by atoms with Crippen LogP contribution >= 0.6 is 0 Å². The maximum absolute atomic E-state index is 13.8. The van der Waals surface area contributed by atoms with Crippen LogP contribution in [-0.4, -0.2) is 17.5 Å². The first kappa shape index (κ1) is 18.4. The normalized spacial score (nSPS) is 25.6. The molecule has 3 rings (SSSR count). The van der Waals surface area contributed by atoms with Gasteiger partial charge in [-0.05, 0) is 38.5 Å². The molecule has 1 aliphatic heterocycles. The molecular weight excluding hydrogens is 354 g/mol. The highest BCUT2D eigenvalue weighted by Gasteiger charge is 2.50. The van der Waals surface area contributed by atoms with E-state index in [1.165, 1.54) is 6.92 Å². The quantitative estimate of drug-likeness (QED) is 0.486. The molecule has 1 N–H and O–H groups in total. The molecule has 26 heavy (non-hydrogen) atoms. The fourth-order valence-corrected chi connectivity index (χ4v) is 3.57. The molecule has 8 heteroatoms. The summed E-state index contributed by atoms with van der Waals surface area (Å²) >= 11 is 0. The van der Waals surface area contributed by atoms with E-state index in [0.717, 1.165) is 0 Å². The zero-order valence-electron chi connectivity index (χ0n) is 14.2. The minimum absolute atomic E-state index is 0.0229. The highest BCUT2D eigenvalue weighted by atomic mass is 19.2. The lowest BCUT2D eigenvalue weighted by molar-refractivity contribution is -0.150. The summed E-state index contributed by atoms with van der Waals surface area (Å²) in [4.78, 5) is 24.7. The van der Waals surface area contributed by atoms with Crippen LogP contribution in [0, 0.1) is 29.2 Å². The van der Waals surface area contributed by atoms with Gasteiger partial charge >= 0.3 is 5.97 Å². The number of rotatable bonds is 2. The molecule has 1 amide bonds. The molecule has 0 bridgehead atoms. The SMILES string of the molecule is CC1=C(C(=O)Nc2c(F)c(F)cc(F)c2F)C2(CCC(C)CC2)OC1=O. The summed E-state index contributed by atoms with van der Waals surface area (Å²) in [7, 11) is 0. The van der Waals surface area contributed by atoms with Gasteiger partial charge in [-0.1, -0.05) is 6.92 Å². The van der Waals surface area contributed by atoms with Crippen LogP contribution in [0.25, 0.3) is 0 Å². The Morgan fingerprint density at radius 2 is 1.69 bits per heavy atom. The van der Waals surface area contributed by atoms with Gasteiger partial charge in [0.1, 0.15) is 11.3 Å². The lowest BCUT2D eigenvalue weighted by atomic mass is 9.75. The molecule has 0 saturated heterocycles. The zero-order chi connectivity index (χ0) is 19.2. The van der Waals surface area contributed by atoms with Crippen LogP contribution in [0.4, 0.5) is 23.2 Å². The molecule has 1 aliphatic carbocycles. The van der Waals surface area contributed by atoms with E-state index in [4.69, 9.17) is 4.74 Å². The van der Waals surface area contributed by atoms with Gasteiger partial charge in [-0.3, -0.25) is 4.79 Å². The number of nitrogens with one attached hydrogen (secondary N) is 1. The summed E-state index contributed by atoms with van der Waals surface area (Å²) in [6.45, 7) is 3.41. The maximum atomic E-state index is 13.8. The van der Waals surface area contributed by atoms with Crippen LogP contribution in [0.5, 0.6) is 0 Å². The molecule has 1 aromatic rings. The summed E-state index contributed by atoms with van der Waals surface area (Å²) in [5, 5.41) is 1.88. The minimum Gasteiger partial charge on any atom is -0.451 e. The van der Waals surface area contributed by atoms with Crippen molar-refractivity contribution in [1.82, 2.24) is 0 Å². The first-order valence-electron chi connectivity index (χ1n) is 8.25. The van der Waals surface area contributed by atoms with Crippen molar-refractivity contribution in [2.45, 2.75) is 45.1 Å². The molecule has 4 nitrogen and oxygen atoms in total. The number of esters is 1. The first-order valence-corrected chi connectivity index (χ1v) is 8.25. The summed E-state index contributed by atoms with van der Waals surface area (Å²) in [6, 6.07) is 0.0526. The van der Waals surface area contributed by atoms with Crippen LogP contribution in [0.1, 0.15) is 39.5 Å². The van der Waals surface area contributed by atoms with Gasteiger partial charge in [0, 0.05) is 11.6 Å². The van der Waals surface area contributed by atoms with Crippen molar-refractivity contribution in [3.8, 4) is 0 Å². The molecule has 140 valence electrons. The van der Waals surface area contributed by atoms with Crippen molar-refractivity contribution >= 4 is 17.6 Å². The van der Waals surface area contributed by atoms with Crippen molar-refractivity contribution in [2.24, 2.45) is 5.92 Å². The second-order valence-electron chi connectivity index (χ2n) is 6.86. The molecule has 1 aromatic carbocycles. The third-order valence-corrected chi connectivity index (χ3v) is 5.08. The lowest BCUT2D eigenvalue weighted by Crippen LogP contribution is -2.40. The predicted octanol–water partition coefficient (Wildman–Crippen LogP) is 4.00. The Bertz CT molecular complexity index is 800. The Hall–Kier alpha value is -2.38. The molecule has 0 radical (unpaired) electrons. The molecule has 0 aromatic heterocycles. The number of halogens is 4. The maximum Gasteiger partial charge on any atom is 0.335 e. The number of hydrogen-bond acceptors (Lipinski definition) is 3. The summed E-state index contributed by atoms with van der Waals surface area (Å²) in [5.41, 5.74) is -2.42. The van der Waals surface area contributed by atoms with Gasteiger partial charge in [0.05, 0.1) is 5.57 Å². The standard InChI is InChI=1S/C18H17F4NO3/c1-8-3-5-18(6-4-8)12(9(2)17(25)26-18)16(24)23-15-13(21)10(19)7-11(20)14(15)22/h7-8H,3-6H2,1-2H3,(H,23,24). The lowest BCUT2D eigenvalue weighted by Gasteiger charge is -2.36. The van der Waals surface area contributed by atoms with Crippen LogP contribution in [-0.2, 0) is 14.3 Å². The number of carbonyl (C=O) groups excluding carboxylic acids is 2. The molecular formula is C18H17F4NO3. The molecule has 2 aliphatic rings. The number of amides is 1. The molecule has 1 heterocycles. The van der Waals surface area contributed by atoms with E-state index in [1.54, 1.807) is 0 Å². The number of benzene rings is 1. The van der Waals surface area contributed by atoms with E-state index in [2.05, 4.69) is 0 Å². The Morgan fingerprint density at radius 1 is 1.15 bits per heavy atom. The number of carbonyl (C=O) groups is 2. The minimum atomic E-state index is -1.72. The van der Waals surface area contributed by atoms with Crippen molar-refractivity contribution in [1.29, 1.82) is 0 Å². The smallest absolute Gasteiger partial charge is 0.335 e. The van der Waals surface area contributed by atoms with Crippen molar-refractivity contribution in [3.63, 3.8) is 0 Å². The average molecular weight is 371 g/mol. The molecule has 0 atom stereocenters. The van der Waals surface area contributed by atoms with Gasteiger partial charge in [-0.2, -0.15) is 0 Å². The van der Waals surface area contributed by atoms with E-state index in [1.807, 2.05) is 12.2 Å². The fourth-order valence-electron chi connectivity index (χ4n) is 3.57. The average Bonchev–Trinajstić information content (AvgIpc) is 2.83. The van der Waals surface area contributed by atoms with E-state index in [9.17, 15) is 27.2 Å². The van der Waals surface area contributed by atoms with Gasteiger partial charge in [0.2, 0.25) is 0 Å². The Labute approximate surface area is 147 Å². The van der Waals surface area contributed by atoms with Crippen molar-refractivity contribution in [2.75, 3.05) is 5.32 Å². The fraction of sp³-hybridized carbons (Fsp3) is 0.444. The molecule has 1 fully saturated rings. The second-order valence-corrected chi connectivity index (χ2v) is 6.86. The number of hydrogen-bond donors (Lipinski definition) is 1. The van der Waals surface area contributed by atoms with Crippen LogP contribution in [0.2, 0.25) is 0 Å². The molecule has 0 unspecified atom stereocenters. The van der Waals surface area contributed by atoms with Crippen LogP contribution in [0.3, 0.4) is 0 Å².